The molecule has 2 aromatic carbocycles. The summed E-state index contributed by atoms with van der Waals surface area (Å²) >= 11 is 1.49. The van der Waals surface area contributed by atoms with Gasteiger partial charge < -0.3 is 15.0 Å². The molecule has 0 spiro atoms. The molecule has 174 valence electrons. The first-order valence-corrected chi connectivity index (χ1v) is 11.9. The summed E-state index contributed by atoms with van der Waals surface area (Å²) in [6.07, 6.45) is 1.74. The van der Waals surface area contributed by atoms with Crippen LogP contribution in [0.3, 0.4) is 0 Å². The predicted molar refractivity (Wildman–Crippen MR) is 129 cm³/mol. The summed E-state index contributed by atoms with van der Waals surface area (Å²) in [5.41, 5.74) is 1.07. The molecule has 1 aromatic heterocycles. The zero-order valence-corrected chi connectivity index (χ0v) is 19.7. The normalized spacial score (nSPS) is 11.6. The third-order valence-corrected chi connectivity index (χ3v) is 6.24. The van der Waals surface area contributed by atoms with Crippen LogP contribution in [0.5, 0.6) is 5.75 Å². The van der Waals surface area contributed by atoms with Crippen molar-refractivity contribution in [2.45, 2.75) is 38.8 Å². The van der Waals surface area contributed by atoms with E-state index in [9.17, 15) is 14.0 Å². The number of amides is 2. The average molecular weight is 469 g/mol. The third-order valence-electron chi connectivity index (χ3n) is 5.36. The Balaban J connectivity index is 1.87. The van der Waals surface area contributed by atoms with Crippen LogP contribution in [0.4, 0.5) is 4.39 Å². The number of thiophene rings is 1. The largest absolute Gasteiger partial charge is 0.497 e. The van der Waals surface area contributed by atoms with Crippen molar-refractivity contribution in [1.82, 2.24) is 10.2 Å². The van der Waals surface area contributed by atoms with Gasteiger partial charge in [-0.15, -0.1) is 11.3 Å². The highest BCUT2D eigenvalue weighted by molar-refractivity contribution is 7.10. The number of hydrogen-bond donors (Lipinski definition) is 1. The van der Waals surface area contributed by atoms with E-state index in [1.54, 1.807) is 25.3 Å². The number of rotatable bonds is 11. The quantitative estimate of drug-likeness (QED) is 0.425. The summed E-state index contributed by atoms with van der Waals surface area (Å²) in [6, 6.07) is 16.2. The SMILES string of the molecule is CCCCN(C(=O)Cc1cccs1)C(C(=O)NCc1ccc(OC)cc1)c1ccccc1F. The lowest BCUT2D eigenvalue weighted by Gasteiger charge is -2.31. The number of nitrogens with one attached hydrogen (secondary N) is 1. The van der Waals surface area contributed by atoms with Crippen molar-refractivity contribution in [2.24, 2.45) is 0 Å². The molecule has 2 amide bonds. The Morgan fingerprint density at radius 1 is 1.09 bits per heavy atom. The van der Waals surface area contributed by atoms with Crippen LogP contribution in [-0.2, 0) is 22.6 Å². The lowest BCUT2D eigenvalue weighted by atomic mass is 10.0. The molecule has 0 aliphatic carbocycles. The van der Waals surface area contributed by atoms with E-state index in [2.05, 4.69) is 5.32 Å². The van der Waals surface area contributed by atoms with E-state index in [4.69, 9.17) is 4.74 Å². The van der Waals surface area contributed by atoms with Gasteiger partial charge in [0.1, 0.15) is 17.6 Å². The fourth-order valence-electron chi connectivity index (χ4n) is 3.57. The van der Waals surface area contributed by atoms with E-state index in [-0.39, 0.29) is 24.4 Å². The third kappa shape index (κ3) is 6.65. The van der Waals surface area contributed by atoms with Crippen LogP contribution >= 0.6 is 11.3 Å². The molecule has 5 nitrogen and oxygen atoms in total. The average Bonchev–Trinajstić information content (AvgIpc) is 3.34. The Hall–Kier alpha value is -3.19. The number of hydrogen-bond acceptors (Lipinski definition) is 4. The van der Waals surface area contributed by atoms with Gasteiger partial charge >= 0.3 is 0 Å². The molecule has 0 radical (unpaired) electrons. The Morgan fingerprint density at radius 2 is 1.85 bits per heavy atom. The van der Waals surface area contributed by atoms with Gasteiger partial charge in [-0.2, -0.15) is 0 Å². The van der Waals surface area contributed by atoms with Crippen LogP contribution in [0, 0.1) is 5.82 Å². The molecule has 1 unspecified atom stereocenters. The van der Waals surface area contributed by atoms with Gasteiger partial charge in [-0.3, -0.25) is 9.59 Å². The van der Waals surface area contributed by atoms with Crippen molar-refractivity contribution in [3.05, 3.63) is 87.9 Å². The summed E-state index contributed by atoms with van der Waals surface area (Å²) < 4.78 is 20.0. The molecule has 1 N–H and O–H groups in total. The molecule has 0 bridgehead atoms. The number of methoxy groups -OCH3 is 1. The number of ether oxygens (including phenoxy) is 1. The van der Waals surface area contributed by atoms with Crippen LogP contribution in [0.15, 0.2) is 66.0 Å². The number of nitrogens with zero attached hydrogens (tertiary/aromatic N) is 1. The molecule has 1 heterocycles. The first kappa shape index (κ1) is 24.5. The molecule has 3 aromatic rings. The van der Waals surface area contributed by atoms with Crippen LogP contribution in [0.2, 0.25) is 0 Å². The van der Waals surface area contributed by atoms with Crippen molar-refractivity contribution >= 4 is 23.2 Å². The van der Waals surface area contributed by atoms with Gasteiger partial charge in [-0.05, 0) is 41.6 Å². The van der Waals surface area contributed by atoms with Crippen molar-refractivity contribution < 1.29 is 18.7 Å². The van der Waals surface area contributed by atoms with E-state index in [0.717, 1.165) is 22.6 Å². The van der Waals surface area contributed by atoms with Gasteiger partial charge in [0.2, 0.25) is 11.8 Å². The smallest absolute Gasteiger partial charge is 0.247 e. The fraction of sp³-hybridized carbons (Fsp3) is 0.308. The van der Waals surface area contributed by atoms with Crippen molar-refractivity contribution in [3.63, 3.8) is 0 Å². The minimum atomic E-state index is -1.05. The van der Waals surface area contributed by atoms with Crippen molar-refractivity contribution in [2.75, 3.05) is 13.7 Å². The van der Waals surface area contributed by atoms with Gasteiger partial charge in [0.05, 0.1) is 13.5 Å². The van der Waals surface area contributed by atoms with Crippen molar-refractivity contribution in [1.29, 1.82) is 0 Å². The molecular formula is C26H29FN2O3S. The number of unbranched alkanes of at least 4 members (excludes halogenated alkanes) is 1. The monoisotopic (exact) mass is 468 g/mol. The lowest BCUT2D eigenvalue weighted by molar-refractivity contribution is -0.140. The van der Waals surface area contributed by atoms with Crippen LogP contribution in [0.1, 0.15) is 41.8 Å². The molecule has 0 aliphatic heterocycles. The second-order valence-corrected chi connectivity index (χ2v) is 8.72. The van der Waals surface area contributed by atoms with Gasteiger partial charge in [-0.25, -0.2) is 4.39 Å². The fourth-order valence-corrected chi connectivity index (χ4v) is 4.26. The van der Waals surface area contributed by atoms with Gasteiger partial charge in [0, 0.05) is 23.5 Å². The highest BCUT2D eigenvalue weighted by Gasteiger charge is 2.33. The minimum Gasteiger partial charge on any atom is -0.497 e. The summed E-state index contributed by atoms with van der Waals surface area (Å²) in [5.74, 6) is -0.392. The molecule has 0 fully saturated rings. The van der Waals surface area contributed by atoms with Gasteiger partial charge in [0.25, 0.3) is 0 Å². The molecule has 0 saturated heterocycles. The van der Waals surface area contributed by atoms with E-state index >= 15 is 0 Å². The Kier molecular flexibility index (Phi) is 9.01. The first-order chi connectivity index (χ1) is 16.0. The van der Waals surface area contributed by atoms with E-state index in [1.807, 2.05) is 48.7 Å². The molecule has 0 saturated carbocycles. The second-order valence-electron chi connectivity index (χ2n) is 7.69. The number of carbonyl (C=O) groups excluding carboxylic acids is 2. The molecule has 7 heteroatoms. The Morgan fingerprint density at radius 3 is 2.48 bits per heavy atom. The molecular weight excluding hydrogens is 439 g/mol. The van der Waals surface area contributed by atoms with E-state index in [1.165, 1.54) is 22.3 Å². The maximum atomic E-state index is 14.8. The van der Waals surface area contributed by atoms with Gasteiger partial charge in [0.15, 0.2) is 0 Å². The summed E-state index contributed by atoms with van der Waals surface area (Å²) in [5, 5.41) is 4.81. The summed E-state index contributed by atoms with van der Waals surface area (Å²) in [6.45, 7) is 2.65. The maximum Gasteiger partial charge on any atom is 0.247 e. The zero-order valence-electron chi connectivity index (χ0n) is 18.9. The highest BCUT2D eigenvalue weighted by Crippen LogP contribution is 2.26. The number of benzene rings is 2. The lowest BCUT2D eigenvalue weighted by Crippen LogP contribution is -2.45. The number of carbonyl (C=O) groups is 2. The Labute approximate surface area is 198 Å². The van der Waals surface area contributed by atoms with E-state index < -0.39 is 17.8 Å². The first-order valence-electron chi connectivity index (χ1n) is 11.0. The Bertz CT molecular complexity index is 1040. The van der Waals surface area contributed by atoms with E-state index in [0.29, 0.717) is 13.0 Å². The maximum absolute atomic E-state index is 14.8. The molecule has 0 aliphatic rings. The summed E-state index contributed by atoms with van der Waals surface area (Å²) in [7, 11) is 1.59. The molecule has 33 heavy (non-hydrogen) atoms. The highest BCUT2D eigenvalue weighted by atomic mass is 32.1. The second kappa shape index (κ2) is 12.2. The molecule has 1 atom stereocenters. The van der Waals surface area contributed by atoms with Crippen LogP contribution in [0.25, 0.3) is 0 Å². The molecule has 3 rings (SSSR count). The summed E-state index contributed by atoms with van der Waals surface area (Å²) in [4.78, 5) is 29.1. The number of halogens is 1. The van der Waals surface area contributed by atoms with Crippen LogP contribution in [-0.4, -0.2) is 30.4 Å². The van der Waals surface area contributed by atoms with Crippen molar-refractivity contribution in [3.8, 4) is 5.75 Å². The van der Waals surface area contributed by atoms with Gasteiger partial charge in [-0.1, -0.05) is 49.7 Å². The zero-order chi connectivity index (χ0) is 23.6. The topological polar surface area (TPSA) is 58.6 Å². The van der Waals surface area contributed by atoms with Crippen LogP contribution < -0.4 is 10.1 Å². The predicted octanol–water partition coefficient (Wildman–Crippen LogP) is 5.12. The minimum absolute atomic E-state index is 0.179. The standard InChI is InChI=1S/C26H29FN2O3S/c1-3-4-15-29(24(30)17-21-8-7-16-33-21)25(22-9-5-6-10-23(22)27)26(31)28-18-19-11-13-20(32-2)14-12-19/h5-14,16,25H,3-4,15,17-18H2,1-2H3,(H,28,31).